The maximum Gasteiger partial charge on any atom is 0.227 e. The minimum Gasteiger partial charge on any atom is -0.393 e. The molecule has 1 rings (SSSR count). The summed E-state index contributed by atoms with van der Waals surface area (Å²) in [6.07, 6.45) is 4.03. The summed E-state index contributed by atoms with van der Waals surface area (Å²) < 4.78 is 0. The number of nitrogens with two attached hydrogens (primary N) is 1. The van der Waals surface area contributed by atoms with E-state index in [4.69, 9.17) is 18.0 Å². The van der Waals surface area contributed by atoms with Gasteiger partial charge in [0.25, 0.3) is 0 Å². The fraction of sp³-hybridized carbons (Fsp3) is 0.818. The topological polar surface area (TPSA) is 58.4 Å². The average molecular weight is 243 g/mol. The van der Waals surface area contributed by atoms with Crippen LogP contribution in [0.15, 0.2) is 0 Å². The third kappa shape index (κ3) is 5.42. The summed E-state index contributed by atoms with van der Waals surface area (Å²) in [6.45, 7) is 5.24. The zero-order valence-electron chi connectivity index (χ0n) is 9.87. The maximum absolute atomic E-state index is 11.4. The predicted molar refractivity (Wildman–Crippen MR) is 69.3 cm³/mol. The molecule has 0 aromatic heterocycles. The van der Waals surface area contributed by atoms with E-state index in [1.54, 1.807) is 0 Å². The van der Waals surface area contributed by atoms with Gasteiger partial charge in [-0.1, -0.05) is 18.6 Å². The number of rotatable bonds is 5. The summed E-state index contributed by atoms with van der Waals surface area (Å²) in [6, 6.07) is 0.167. The molecule has 0 radical (unpaired) electrons. The molecule has 4 nitrogen and oxygen atoms in total. The molecule has 5 heteroatoms. The van der Waals surface area contributed by atoms with Crippen molar-refractivity contribution in [3.8, 4) is 0 Å². The van der Waals surface area contributed by atoms with Crippen LogP contribution in [-0.2, 0) is 4.79 Å². The Kier molecular flexibility index (Phi) is 5.69. The Morgan fingerprint density at radius 2 is 2.06 bits per heavy atom. The summed E-state index contributed by atoms with van der Waals surface area (Å²) in [5.74, 6) is -0.0722. The summed E-state index contributed by atoms with van der Waals surface area (Å²) >= 11 is 4.69. The van der Waals surface area contributed by atoms with E-state index in [1.165, 1.54) is 19.3 Å². The number of carbonyl (C=O) groups excluding carboxylic acids is 1. The second kappa shape index (κ2) is 6.81. The van der Waals surface area contributed by atoms with Gasteiger partial charge in [-0.3, -0.25) is 4.79 Å². The van der Waals surface area contributed by atoms with Gasteiger partial charge < -0.3 is 16.0 Å². The summed E-state index contributed by atoms with van der Waals surface area (Å²) in [7, 11) is 0. The molecule has 1 aliphatic rings. The van der Waals surface area contributed by atoms with E-state index in [0.717, 1.165) is 19.6 Å². The maximum atomic E-state index is 11.4. The largest absolute Gasteiger partial charge is 0.393 e. The lowest BCUT2D eigenvalue weighted by Gasteiger charge is -2.29. The van der Waals surface area contributed by atoms with Gasteiger partial charge in [0.1, 0.15) is 0 Å². The third-order valence-corrected chi connectivity index (χ3v) is 2.87. The molecule has 92 valence electrons. The standard InChI is InChI=1S/C11H21N3OS/c1-9(13-11(15)7-10(12)16)8-14-5-3-2-4-6-14/h9H,2-8H2,1H3,(H2,12,16)(H,13,15). The molecule has 0 aromatic rings. The molecule has 1 heterocycles. The lowest BCUT2D eigenvalue weighted by molar-refractivity contribution is -0.120. The van der Waals surface area contributed by atoms with Crippen molar-refractivity contribution < 1.29 is 4.79 Å². The van der Waals surface area contributed by atoms with E-state index in [9.17, 15) is 4.79 Å². The summed E-state index contributed by atoms with van der Waals surface area (Å²) in [5.41, 5.74) is 5.31. The van der Waals surface area contributed by atoms with Gasteiger partial charge >= 0.3 is 0 Å². The van der Waals surface area contributed by atoms with Gasteiger partial charge in [-0.15, -0.1) is 0 Å². The molecule has 0 aliphatic carbocycles. The van der Waals surface area contributed by atoms with Crippen LogP contribution in [0.4, 0.5) is 0 Å². The number of amides is 1. The van der Waals surface area contributed by atoms with Gasteiger partial charge in [0.15, 0.2) is 0 Å². The van der Waals surface area contributed by atoms with Crippen LogP contribution in [0.5, 0.6) is 0 Å². The fourth-order valence-electron chi connectivity index (χ4n) is 2.06. The van der Waals surface area contributed by atoms with E-state index >= 15 is 0 Å². The third-order valence-electron chi connectivity index (χ3n) is 2.72. The van der Waals surface area contributed by atoms with Crippen LogP contribution in [0.1, 0.15) is 32.6 Å². The molecule has 0 bridgehead atoms. The predicted octanol–water partition coefficient (Wildman–Crippen LogP) is 0.653. The Morgan fingerprint density at radius 3 is 2.62 bits per heavy atom. The molecular weight excluding hydrogens is 222 g/mol. The lowest BCUT2D eigenvalue weighted by atomic mass is 10.1. The Hall–Kier alpha value is -0.680. The molecule has 1 unspecified atom stereocenters. The van der Waals surface area contributed by atoms with Crippen molar-refractivity contribution >= 4 is 23.1 Å². The summed E-state index contributed by atoms with van der Waals surface area (Å²) in [5, 5.41) is 2.91. The van der Waals surface area contributed by atoms with E-state index < -0.39 is 0 Å². The van der Waals surface area contributed by atoms with Crippen LogP contribution in [0.2, 0.25) is 0 Å². The van der Waals surface area contributed by atoms with Gasteiger partial charge in [-0.05, 0) is 32.9 Å². The Balaban J connectivity index is 2.21. The monoisotopic (exact) mass is 243 g/mol. The highest BCUT2D eigenvalue weighted by atomic mass is 32.1. The van der Waals surface area contributed by atoms with Gasteiger partial charge in [-0.25, -0.2) is 0 Å². The quantitative estimate of drug-likeness (QED) is 0.696. The summed E-state index contributed by atoms with van der Waals surface area (Å²) in [4.78, 5) is 14.1. The molecule has 0 spiro atoms. The first-order valence-electron chi connectivity index (χ1n) is 5.88. The molecule has 16 heavy (non-hydrogen) atoms. The van der Waals surface area contributed by atoms with Crippen molar-refractivity contribution in [1.82, 2.24) is 10.2 Å². The van der Waals surface area contributed by atoms with E-state index in [1.807, 2.05) is 6.92 Å². The molecule has 0 aromatic carbocycles. The van der Waals surface area contributed by atoms with Crippen molar-refractivity contribution in [3.63, 3.8) is 0 Å². The van der Waals surface area contributed by atoms with Crippen LogP contribution < -0.4 is 11.1 Å². The molecule has 1 aliphatic heterocycles. The van der Waals surface area contributed by atoms with Crippen LogP contribution in [0.3, 0.4) is 0 Å². The highest BCUT2D eigenvalue weighted by Gasteiger charge is 2.14. The lowest BCUT2D eigenvalue weighted by Crippen LogP contribution is -2.44. The van der Waals surface area contributed by atoms with Crippen LogP contribution >= 0.6 is 12.2 Å². The smallest absolute Gasteiger partial charge is 0.227 e. The van der Waals surface area contributed by atoms with Crippen molar-refractivity contribution in [2.45, 2.75) is 38.6 Å². The molecule has 1 fully saturated rings. The van der Waals surface area contributed by atoms with E-state index in [-0.39, 0.29) is 23.4 Å². The first-order chi connectivity index (χ1) is 7.58. The van der Waals surface area contributed by atoms with Crippen LogP contribution in [0.25, 0.3) is 0 Å². The minimum atomic E-state index is -0.0722. The zero-order chi connectivity index (χ0) is 12.0. The number of likely N-dealkylation sites (tertiary alicyclic amines) is 1. The Morgan fingerprint density at radius 1 is 1.44 bits per heavy atom. The van der Waals surface area contributed by atoms with Crippen LogP contribution in [-0.4, -0.2) is 41.5 Å². The first kappa shape index (κ1) is 13.4. The van der Waals surface area contributed by atoms with Crippen molar-refractivity contribution in [2.24, 2.45) is 5.73 Å². The Bertz CT molecular complexity index is 252. The highest BCUT2D eigenvalue weighted by Crippen LogP contribution is 2.08. The zero-order valence-corrected chi connectivity index (χ0v) is 10.7. The average Bonchev–Trinajstić information content (AvgIpc) is 2.17. The normalized spacial score (nSPS) is 19.1. The molecule has 1 atom stereocenters. The van der Waals surface area contributed by atoms with E-state index in [2.05, 4.69) is 10.2 Å². The number of nitrogens with zero attached hydrogens (tertiary/aromatic N) is 1. The highest BCUT2D eigenvalue weighted by molar-refractivity contribution is 7.80. The van der Waals surface area contributed by atoms with Gasteiger partial charge in [0.05, 0.1) is 11.4 Å². The number of nitrogens with one attached hydrogen (secondary N) is 1. The van der Waals surface area contributed by atoms with Crippen molar-refractivity contribution in [2.75, 3.05) is 19.6 Å². The number of thiocarbonyl (C=S) groups is 1. The number of hydrogen-bond acceptors (Lipinski definition) is 3. The fourth-order valence-corrected chi connectivity index (χ4v) is 2.19. The minimum absolute atomic E-state index is 0.0722. The van der Waals surface area contributed by atoms with Crippen molar-refractivity contribution in [3.05, 3.63) is 0 Å². The second-order valence-electron chi connectivity index (χ2n) is 4.47. The van der Waals surface area contributed by atoms with Crippen LogP contribution in [0, 0.1) is 0 Å². The number of carbonyl (C=O) groups is 1. The molecule has 1 amide bonds. The molecule has 0 saturated carbocycles. The Labute approximate surface area is 103 Å². The first-order valence-corrected chi connectivity index (χ1v) is 6.29. The van der Waals surface area contributed by atoms with Gasteiger partial charge in [-0.2, -0.15) is 0 Å². The van der Waals surface area contributed by atoms with E-state index in [0.29, 0.717) is 0 Å². The number of hydrogen-bond donors (Lipinski definition) is 2. The van der Waals surface area contributed by atoms with Gasteiger partial charge in [0, 0.05) is 12.6 Å². The number of piperidine rings is 1. The van der Waals surface area contributed by atoms with Gasteiger partial charge in [0.2, 0.25) is 5.91 Å². The molecule has 3 N–H and O–H groups in total. The second-order valence-corrected chi connectivity index (χ2v) is 5.00. The molecule has 1 saturated heterocycles. The molecular formula is C11H21N3OS. The van der Waals surface area contributed by atoms with Crippen molar-refractivity contribution in [1.29, 1.82) is 0 Å². The SMILES string of the molecule is CC(CN1CCCCC1)NC(=O)CC(N)=S.